The van der Waals surface area contributed by atoms with E-state index >= 15 is 0 Å². The molecule has 1 saturated heterocycles. The number of hydrogen-bond donors (Lipinski definition) is 1. The highest BCUT2D eigenvalue weighted by molar-refractivity contribution is 6.33. The van der Waals surface area contributed by atoms with Gasteiger partial charge in [-0.3, -0.25) is 14.5 Å². The van der Waals surface area contributed by atoms with Crippen LogP contribution in [0.3, 0.4) is 0 Å². The maximum atomic E-state index is 13.8. The Morgan fingerprint density at radius 2 is 2.00 bits per heavy atom. The largest absolute Gasteiger partial charge is 0.352 e. The van der Waals surface area contributed by atoms with E-state index in [9.17, 15) is 14.0 Å². The molecule has 0 unspecified atom stereocenters. The Morgan fingerprint density at radius 3 is 2.61 bits per heavy atom. The number of benzene rings is 1. The van der Waals surface area contributed by atoms with E-state index < -0.39 is 11.7 Å². The topological polar surface area (TPSA) is 52.7 Å². The van der Waals surface area contributed by atoms with Gasteiger partial charge in [0, 0.05) is 32.7 Å². The van der Waals surface area contributed by atoms with E-state index in [-0.39, 0.29) is 23.0 Å². The fraction of sp³-hybridized carbons (Fsp3) is 0.375. The summed E-state index contributed by atoms with van der Waals surface area (Å²) in [4.78, 5) is 27.6. The van der Waals surface area contributed by atoms with Crippen LogP contribution in [0.5, 0.6) is 0 Å². The molecule has 7 heteroatoms. The van der Waals surface area contributed by atoms with Crippen molar-refractivity contribution in [3.05, 3.63) is 47.3 Å². The second-order valence-electron chi connectivity index (χ2n) is 5.26. The summed E-state index contributed by atoms with van der Waals surface area (Å²) in [5, 5.41) is 2.82. The minimum atomic E-state index is -0.617. The molecule has 0 aliphatic carbocycles. The molecule has 23 heavy (non-hydrogen) atoms. The zero-order valence-electron chi connectivity index (χ0n) is 12.7. The van der Waals surface area contributed by atoms with Crippen molar-refractivity contribution < 1.29 is 14.0 Å². The molecular weight excluding hydrogens is 321 g/mol. The highest BCUT2D eigenvalue weighted by Gasteiger charge is 2.26. The lowest BCUT2D eigenvalue weighted by molar-refractivity contribution is -0.122. The molecular formula is C16H19ClFN3O2. The van der Waals surface area contributed by atoms with Gasteiger partial charge in [-0.1, -0.05) is 23.7 Å². The SMILES string of the molecule is C=CCNC(=O)CN1CCN(C(=O)c2c(F)cccc2Cl)CC1. The summed E-state index contributed by atoms with van der Waals surface area (Å²) >= 11 is 5.93. The Morgan fingerprint density at radius 1 is 1.30 bits per heavy atom. The molecule has 5 nitrogen and oxygen atoms in total. The van der Waals surface area contributed by atoms with Gasteiger partial charge in [0.25, 0.3) is 5.91 Å². The first-order valence-electron chi connectivity index (χ1n) is 7.36. The van der Waals surface area contributed by atoms with E-state index in [4.69, 9.17) is 11.6 Å². The molecule has 1 aliphatic rings. The van der Waals surface area contributed by atoms with Crippen molar-refractivity contribution >= 4 is 23.4 Å². The molecule has 0 spiro atoms. The Balaban J connectivity index is 1.90. The lowest BCUT2D eigenvalue weighted by Gasteiger charge is -2.34. The van der Waals surface area contributed by atoms with E-state index in [0.717, 1.165) is 0 Å². The van der Waals surface area contributed by atoms with Crippen molar-refractivity contribution in [1.29, 1.82) is 0 Å². The first-order valence-corrected chi connectivity index (χ1v) is 7.74. The molecule has 1 heterocycles. The van der Waals surface area contributed by atoms with Crippen LogP contribution in [0.25, 0.3) is 0 Å². The van der Waals surface area contributed by atoms with Gasteiger partial charge in [-0.2, -0.15) is 0 Å². The molecule has 2 rings (SSSR count). The number of carbonyl (C=O) groups is 2. The minimum absolute atomic E-state index is 0.0816. The van der Waals surface area contributed by atoms with E-state index in [1.165, 1.54) is 18.2 Å². The average Bonchev–Trinajstić information content (AvgIpc) is 2.53. The predicted molar refractivity (Wildman–Crippen MR) is 87.0 cm³/mol. The smallest absolute Gasteiger partial charge is 0.258 e. The Labute approximate surface area is 139 Å². The third-order valence-electron chi connectivity index (χ3n) is 3.65. The van der Waals surface area contributed by atoms with E-state index in [2.05, 4.69) is 11.9 Å². The molecule has 1 aromatic carbocycles. The van der Waals surface area contributed by atoms with Gasteiger partial charge >= 0.3 is 0 Å². The van der Waals surface area contributed by atoms with Crippen LogP contribution in [0, 0.1) is 5.82 Å². The van der Waals surface area contributed by atoms with Crippen LogP contribution in [0.15, 0.2) is 30.9 Å². The maximum Gasteiger partial charge on any atom is 0.258 e. The van der Waals surface area contributed by atoms with Crippen molar-refractivity contribution in [3.8, 4) is 0 Å². The second kappa shape index (κ2) is 8.08. The fourth-order valence-electron chi connectivity index (χ4n) is 2.41. The molecule has 0 radical (unpaired) electrons. The molecule has 0 atom stereocenters. The summed E-state index contributed by atoms with van der Waals surface area (Å²) in [5.74, 6) is -1.11. The Bertz CT molecular complexity index is 581. The van der Waals surface area contributed by atoms with Crippen LogP contribution in [0.1, 0.15) is 10.4 Å². The van der Waals surface area contributed by atoms with Crippen molar-refractivity contribution in [2.45, 2.75) is 0 Å². The maximum absolute atomic E-state index is 13.8. The highest BCUT2D eigenvalue weighted by Crippen LogP contribution is 2.21. The number of nitrogens with one attached hydrogen (secondary N) is 1. The van der Waals surface area contributed by atoms with E-state index in [1.807, 2.05) is 4.90 Å². The third-order valence-corrected chi connectivity index (χ3v) is 3.96. The van der Waals surface area contributed by atoms with Crippen LogP contribution < -0.4 is 5.32 Å². The molecule has 124 valence electrons. The number of rotatable bonds is 5. The van der Waals surface area contributed by atoms with Gasteiger partial charge in [0.2, 0.25) is 5.91 Å². The van der Waals surface area contributed by atoms with Crippen molar-refractivity contribution in [2.75, 3.05) is 39.3 Å². The molecule has 2 amide bonds. The Kier molecular flexibility index (Phi) is 6.12. The number of amides is 2. The molecule has 0 bridgehead atoms. The van der Waals surface area contributed by atoms with Gasteiger partial charge < -0.3 is 10.2 Å². The van der Waals surface area contributed by atoms with E-state index in [1.54, 1.807) is 11.0 Å². The Hall–Kier alpha value is -1.92. The molecule has 1 aliphatic heterocycles. The summed E-state index contributed by atoms with van der Waals surface area (Å²) in [6.45, 7) is 6.21. The second-order valence-corrected chi connectivity index (χ2v) is 5.66. The van der Waals surface area contributed by atoms with Crippen LogP contribution >= 0.6 is 11.6 Å². The number of halogens is 2. The zero-order chi connectivity index (χ0) is 16.8. The fourth-order valence-corrected chi connectivity index (χ4v) is 2.66. The van der Waals surface area contributed by atoms with Crippen LogP contribution in [0.2, 0.25) is 5.02 Å². The standard InChI is InChI=1S/C16H19ClFN3O2/c1-2-6-19-14(22)11-20-7-9-21(10-8-20)16(23)15-12(17)4-3-5-13(15)18/h2-5H,1,6-11H2,(H,19,22). The van der Waals surface area contributed by atoms with Gasteiger partial charge in [-0.05, 0) is 12.1 Å². The summed E-state index contributed by atoms with van der Waals surface area (Å²) in [5.41, 5.74) is -0.0913. The lowest BCUT2D eigenvalue weighted by Crippen LogP contribution is -2.51. The third kappa shape index (κ3) is 4.53. The number of hydrogen-bond acceptors (Lipinski definition) is 3. The lowest BCUT2D eigenvalue weighted by atomic mass is 10.1. The van der Waals surface area contributed by atoms with Gasteiger partial charge in [-0.15, -0.1) is 6.58 Å². The quantitative estimate of drug-likeness (QED) is 0.828. The van der Waals surface area contributed by atoms with Gasteiger partial charge in [0.15, 0.2) is 0 Å². The van der Waals surface area contributed by atoms with Crippen LogP contribution in [-0.4, -0.2) is 60.9 Å². The number of piperazine rings is 1. The van der Waals surface area contributed by atoms with Gasteiger partial charge in [0.05, 0.1) is 17.1 Å². The normalized spacial score (nSPS) is 15.3. The summed E-state index contributed by atoms with van der Waals surface area (Å²) < 4.78 is 13.8. The molecule has 0 aromatic heterocycles. The van der Waals surface area contributed by atoms with Crippen molar-refractivity contribution in [3.63, 3.8) is 0 Å². The predicted octanol–water partition coefficient (Wildman–Crippen LogP) is 1.54. The molecule has 1 aromatic rings. The summed E-state index contributed by atoms with van der Waals surface area (Å²) in [6, 6.07) is 4.19. The zero-order valence-corrected chi connectivity index (χ0v) is 13.5. The first-order chi connectivity index (χ1) is 11.0. The molecule has 1 fully saturated rings. The molecule has 1 N–H and O–H groups in total. The van der Waals surface area contributed by atoms with Crippen LogP contribution in [-0.2, 0) is 4.79 Å². The van der Waals surface area contributed by atoms with Gasteiger partial charge in [0.1, 0.15) is 5.82 Å². The molecule has 0 saturated carbocycles. The van der Waals surface area contributed by atoms with Crippen molar-refractivity contribution in [2.24, 2.45) is 0 Å². The summed E-state index contributed by atoms with van der Waals surface area (Å²) in [6.07, 6.45) is 1.62. The number of carbonyl (C=O) groups excluding carboxylic acids is 2. The minimum Gasteiger partial charge on any atom is -0.352 e. The average molecular weight is 340 g/mol. The highest BCUT2D eigenvalue weighted by atomic mass is 35.5. The first kappa shape index (κ1) is 17.4. The van der Waals surface area contributed by atoms with Gasteiger partial charge in [-0.25, -0.2) is 4.39 Å². The summed E-state index contributed by atoms with van der Waals surface area (Å²) in [7, 11) is 0. The monoisotopic (exact) mass is 339 g/mol. The van der Waals surface area contributed by atoms with Crippen molar-refractivity contribution in [1.82, 2.24) is 15.1 Å². The van der Waals surface area contributed by atoms with E-state index in [0.29, 0.717) is 32.7 Å². The van der Waals surface area contributed by atoms with Crippen LogP contribution in [0.4, 0.5) is 4.39 Å². The number of nitrogens with zero attached hydrogens (tertiary/aromatic N) is 2.